The number of carboxylic acid groups (broad SMARTS) is 2. The summed E-state index contributed by atoms with van der Waals surface area (Å²) >= 11 is 0. The zero-order chi connectivity index (χ0) is 35.4. The topological polar surface area (TPSA) is 257 Å². The number of hydrogen-bond donors (Lipinski definition) is 4. The van der Waals surface area contributed by atoms with E-state index in [-0.39, 0.29) is 63.6 Å². The predicted molar refractivity (Wildman–Crippen MR) is 154 cm³/mol. The van der Waals surface area contributed by atoms with Crippen LogP contribution in [0.25, 0.3) is 0 Å². The lowest BCUT2D eigenvalue weighted by Crippen LogP contribution is -2.35. The van der Waals surface area contributed by atoms with Gasteiger partial charge < -0.3 is 58.3 Å². The summed E-state index contributed by atoms with van der Waals surface area (Å²) in [6, 6.07) is 0. The largest absolute Gasteiger partial charge is 0.513 e. The average molecular weight is 685 g/mol. The van der Waals surface area contributed by atoms with Crippen LogP contribution in [0.1, 0.15) is 25.7 Å². The maximum Gasteiger partial charge on any atom is 0.331 e. The number of aliphatic carboxylic acids is 2. The highest BCUT2D eigenvalue weighted by molar-refractivity contribution is 5.90. The van der Waals surface area contributed by atoms with Crippen LogP contribution >= 0.6 is 0 Å². The van der Waals surface area contributed by atoms with E-state index >= 15 is 0 Å². The quantitative estimate of drug-likeness (QED) is 0.0626. The molecule has 4 N–H and O–H groups in total. The molecule has 4 aliphatic heterocycles. The fourth-order valence-electron chi connectivity index (χ4n) is 4.85. The van der Waals surface area contributed by atoms with E-state index in [1.54, 1.807) is 0 Å². The van der Waals surface area contributed by atoms with Crippen molar-refractivity contribution in [2.75, 3.05) is 26.4 Å². The van der Waals surface area contributed by atoms with Gasteiger partial charge in [0.25, 0.3) is 0 Å². The van der Waals surface area contributed by atoms with Crippen LogP contribution in [0.4, 0.5) is 0 Å². The minimum atomic E-state index is -1.26. The van der Waals surface area contributed by atoms with Gasteiger partial charge in [-0.25, -0.2) is 14.4 Å². The summed E-state index contributed by atoms with van der Waals surface area (Å²) in [6.07, 6.45) is -1.85. The van der Waals surface area contributed by atoms with Crippen LogP contribution in [-0.2, 0) is 66.7 Å². The molecule has 0 radical (unpaired) electrons. The zero-order valence-corrected chi connectivity index (χ0v) is 25.5. The molecule has 4 aliphatic rings. The molecule has 0 unspecified atom stereocenters. The Balaban J connectivity index is 0.000000260. The van der Waals surface area contributed by atoms with E-state index in [2.05, 4.69) is 13.2 Å². The number of aliphatic hydroxyl groups excluding tert-OH is 2. The third-order valence-electron chi connectivity index (χ3n) is 6.96. The van der Waals surface area contributed by atoms with E-state index in [0.29, 0.717) is 6.08 Å². The van der Waals surface area contributed by atoms with Gasteiger partial charge in [-0.2, -0.15) is 0 Å². The fourth-order valence-corrected chi connectivity index (χ4v) is 4.85. The molecular weight excluding hydrogens is 648 g/mol. The lowest BCUT2D eigenvalue weighted by molar-refractivity contribution is -0.156. The number of carbonyl (C=O) groups is 6. The molecule has 0 aromatic rings. The first kappa shape index (κ1) is 37.7. The monoisotopic (exact) mass is 684 g/mol. The molecule has 18 heteroatoms. The molecule has 0 aliphatic carbocycles. The minimum Gasteiger partial charge on any atom is -0.513 e. The van der Waals surface area contributed by atoms with Crippen molar-refractivity contribution < 1.29 is 87.1 Å². The Labute approximate surface area is 273 Å². The number of fused-ring (bicyclic) bond motifs is 2. The zero-order valence-electron chi connectivity index (χ0n) is 25.5. The van der Waals surface area contributed by atoms with Gasteiger partial charge in [0, 0.05) is 24.6 Å². The molecule has 4 fully saturated rings. The predicted octanol–water partition coefficient (Wildman–Crippen LogP) is 0.201. The SMILES string of the molecule is C=C(O)C=CC(=O)O[C@H]1CO[C@H]2[C@@H]1OC[C@H]2OC(=O)CCC(=O)O.C=C(O)CCC(=O)O[C@H]1CO[C@H]2[C@@H]1OC[C@H]2OC(=O)C=CC(=O)O. The van der Waals surface area contributed by atoms with Crippen molar-refractivity contribution in [2.24, 2.45) is 0 Å². The lowest BCUT2D eigenvalue weighted by atomic mass is 10.1. The average Bonchev–Trinajstić information content (AvgIpc) is 3.79. The van der Waals surface area contributed by atoms with Crippen molar-refractivity contribution in [1.29, 1.82) is 0 Å². The lowest BCUT2D eigenvalue weighted by Gasteiger charge is -2.17. The maximum atomic E-state index is 11.7. The van der Waals surface area contributed by atoms with Gasteiger partial charge in [0.2, 0.25) is 0 Å². The number of ether oxygens (including phenoxy) is 8. The molecule has 4 saturated heterocycles. The first-order valence-electron chi connectivity index (χ1n) is 14.6. The normalized spacial score (nSPS) is 28.5. The Morgan fingerprint density at radius 2 is 0.917 bits per heavy atom. The van der Waals surface area contributed by atoms with E-state index in [0.717, 1.165) is 18.2 Å². The molecule has 264 valence electrons. The first-order chi connectivity index (χ1) is 22.7. The summed E-state index contributed by atoms with van der Waals surface area (Å²) in [5, 5.41) is 34.8. The molecule has 0 saturated carbocycles. The number of rotatable bonds is 14. The highest BCUT2D eigenvalue weighted by Gasteiger charge is 2.52. The Morgan fingerprint density at radius 1 is 0.542 bits per heavy atom. The Hall–Kier alpha value is -4.78. The summed E-state index contributed by atoms with van der Waals surface area (Å²) in [5.41, 5.74) is 0. The molecule has 4 rings (SSSR count). The summed E-state index contributed by atoms with van der Waals surface area (Å²) in [4.78, 5) is 67.1. The van der Waals surface area contributed by atoms with Gasteiger partial charge in [-0.05, 0) is 6.08 Å². The van der Waals surface area contributed by atoms with Crippen molar-refractivity contribution in [3.63, 3.8) is 0 Å². The molecule has 0 amide bonds. The second-order valence-corrected chi connectivity index (χ2v) is 10.7. The van der Waals surface area contributed by atoms with Crippen LogP contribution in [0.5, 0.6) is 0 Å². The summed E-state index contributed by atoms with van der Waals surface area (Å²) in [6.45, 7) is 6.80. The van der Waals surface area contributed by atoms with Crippen molar-refractivity contribution in [1.82, 2.24) is 0 Å². The van der Waals surface area contributed by atoms with Crippen molar-refractivity contribution >= 4 is 35.8 Å². The van der Waals surface area contributed by atoms with Crippen LogP contribution in [0.3, 0.4) is 0 Å². The standard InChI is InChI=1S/2C15H18O9/c2*1-8(16)2-4-12(19)23-9-6-21-15-10(7-22-14(9)15)24-13(20)5-3-11(17)18/h3,5,9-10,14-16H,1-2,4,6-7H2,(H,17,18);2,4,9-10,14-16H,1,3,5-7H2,(H,17,18)/t2*9-,10+,14+,15+/m00/s1. The maximum absolute atomic E-state index is 11.7. The van der Waals surface area contributed by atoms with E-state index < -0.39 is 84.6 Å². The Bertz CT molecular complexity index is 1200. The number of allylic oxidation sites excluding steroid dienone is 2. The molecule has 48 heavy (non-hydrogen) atoms. The smallest absolute Gasteiger partial charge is 0.331 e. The second kappa shape index (κ2) is 17.9. The number of aliphatic hydroxyl groups is 2. The minimum absolute atomic E-state index is 0.0123. The number of carbonyl (C=O) groups excluding carboxylic acids is 4. The van der Waals surface area contributed by atoms with Crippen LogP contribution in [0, 0.1) is 0 Å². The number of esters is 4. The van der Waals surface area contributed by atoms with Gasteiger partial charge in [0.05, 0.1) is 51.4 Å². The molecule has 0 aromatic heterocycles. The molecule has 0 spiro atoms. The van der Waals surface area contributed by atoms with Crippen LogP contribution in [-0.4, -0.2) is 132 Å². The molecule has 0 bridgehead atoms. The van der Waals surface area contributed by atoms with Gasteiger partial charge in [0.1, 0.15) is 30.2 Å². The summed E-state index contributed by atoms with van der Waals surface area (Å²) in [7, 11) is 0. The number of carboxylic acids is 2. The van der Waals surface area contributed by atoms with Crippen molar-refractivity contribution in [2.45, 2.75) is 74.5 Å². The highest BCUT2D eigenvalue weighted by atomic mass is 16.7. The molecular formula is C30H36O18. The van der Waals surface area contributed by atoms with E-state index in [4.69, 9.17) is 58.3 Å². The van der Waals surface area contributed by atoms with E-state index in [1.807, 2.05) is 0 Å². The summed E-state index contributed by atoms with van der Waals surface area (Å²) < 4.78 is 42.5. The molecule has 8 atom stereocenters. The van der Waals surface area contributed by atoms with Crippen LogP contribution in [0.2, 0.25) is 0 Å². The van der Waals surface area contributed by atoms with Gasteiger partial charge in [-0.3, -0.25) is 14.4 Å². The Morgan fingerprint density at radius 3 is 1.27 bits per heavy atom. The molecule has 4 heterocycles. The van der Waals surface area contributed by atoms with Gasteiger partial charge >= 0.3 is 35.8 Å². The van der Waals surface area contributed by atoms with Crippen molar-refractivity contribution in [3.8, 4) is 0 Å². The van der Waals surface area contributed by atoms with Gasteiger partial charge in [-0.1, -0.05) is 13.2 Å². The third kappa shape index (κ3) is 11.8. The van der Waals surface area contributed by atoms with E-state index in [9.17, 15) is 28.8 Å². The number of hydrogen-bond acceptors (Lipinski definition) is 16. The molecule has 18 nitrogen and oxygen atoms in total. The van der Waals surface area contributed by atoms with E-state index in [1.165, 1.54) is 0 Å². The van der Waals surface area contributed by atoms with Gasteiger partial charge in [0.15, 0.2) is 24.4 Å². The Kier molecular flexibility index (Phi) is 14.1. The van der Waals surface area contributed by atoms with Crippen LogP contribution in [0.15, 0.2) is 49.0 Å². The fraction of sp³-hybridized carbons (Fsp3) is 0.533. The summed E-state index contributed by atoms with van der Waals surface area (Å²) in [5.74, 6) is -5.42. The second-order valence-electron chi connectivity index (χ2n) is 10.7. The first-order valence-corrected chi connectivity index (χ1v) is 14.6. The highest BCUT2D eigenvalue weighted by Crippen LogP contribution is 2.32. The van der Waals surface area contributed by atoms with Crippen LogP contribution < -0.4 is 0 Å². The molecule has 0 aromatic carbocycles. The third-order valence-corrected chi connectivity index (χ3v) is 6.96. The van der Waals surface area contributed by atoms with Crippen molar-refractivity contribution in [3.05, 3.63) is 49.0 Å². The van der Waals surface area contributed by atoms with Gasteiger partial charge in [-0.15, -0.1) is 0 Å².